The van der Waals surface area contributed by atoms with Crippen molar-refractivity contribution in [3.63, 3.8) is 0 Å². The van der Waals surface area contributed by atoms with E-state index in [9.17, 15) is 9.59 Å². The summed E-state index contributed by atoms with van der Waals surface area (Å²) in [6.45, 7) is 1.47. The summed E-state index contributed by atoms with van der Waals surface area (Å²) in [4.78, 5) is 28.7. The topological polar surface area (TPSA) is 58.6 Å². The van der Waals surface area contributed by atoms with Crippen molar-refractivity contribution in [2.45, 2.75) is 38.3 Å². The van der Waals surface area contributed by atoms with Crippen LogP contribution in [0, 0.1) is 0 Å². The van der Waals surface area contributed by atoms with Gasteiger partial charge >= 0.3 is 0 Å². The molecule has 0 fully saturated rings. The van der Waals surface area contributed by atoms with Gasteiger partial charge in [0.25, 0.3) is 0 Å². The van der Waals surface area contributed by atoms with E-state index in [0.29, 0.717) is 39.0 Å². The summed E-state index contributed by atoms with van der Waals surface area (Å²) in [6, 6.07) is 29.1. The zero-order valence-corrected chi connectivity index (χ0v) is 19.9. The Morgan fingerprint density at radius 3 is 1.97 bits per heavy atom. The number of ether oxygens (including phenoxy) is 1. The van der Waals surface area contributed by atoms with E-state index in [0.717, 1.165) is 23.1 Å². The van der Waals surface area contributed by atoms with Crippen molar-refractivity contribution >= 4 is 11.8 Å². The third-order valence-corrected chi connectivity index (χ3v) is 5.76. The maximum absolute atomic E-state index is 13.6. The van der Waals surface area contributed by atoms with E-state index in [2.05, 4.69) is 5.32 Å². The molecule has 2 amide bonds. The van der Waals surface area contributed by atoms with Gasteiger partial charge in [-0.1, -0.05) is 91.0 Å². The van der Waals surface area contributed by atoms with Gasteiger partial charge in [-0.2, -0.15) is 0 Å². The molecule has 1 N–H and O–H groups in total. The SMILES string of the molecule is COCCCNC(=O)[C@@H](Cc1ccccc1)N(Cc1ccccc1)C(=O)CCc1ccccc1. The number of nitrogens with zero attached hydrogens (tertiary/aromatic N) is 1. The highest BCUT2D eigenvalue weighted by Gasteiger charge is 2.30. The first-order valence-electron chi connectivity index (χ1n) is 11.8. The van der Waals surface area contributed by atoms with Gasteiger partial charge in [-0.05, 0) is 29.5 Å². The molecule has 34 heavy (non-hydrogen) atoms. The first kappa shape index (κ1) is 25.2. The normalized spacial score (nSPS) is 11.6. The Labute approximate surface area is 202 Å². The number of carbonyl (C=O) groups excluding carboxylic acids is 2. The number of aryl methyl sites for hydroxylation is 1. The van der Waals surface area contributed by atoms with Crippen molar-refractivity contribution in [1.29, 1.82) is 0 Å². The average Bonchev–Trinajstić information content (AvgIpc) is 2.89. The molecule has 1 atom stereocenters. The zero-order valence-electron chi connectivity index (χ0n) is 19.9. The number of methoxy groups -OCH3 is 1. The molecule has 0 aliphatic carbocycles. The summed E-state index contributed by atoms with van der Waals surface area (Å²) in [5.41, 5.74) is 3.13. The highest BCUT2D eigenvalue weighted by atomic mass is 16.5. The second-order valence-electron chi connectivity index (χ2n) is 8.34. The fourth-order valence-corrected chi connectivity index (χ4v) is 3.92. The molecule has 0 spiro atoms. The molecule has 5 heteroatoms. The number of nitrogens with one attached hydrogen (secondary N) is 1. The van der Waals surface area contributed by atoms with Crippen molar-refractivity contribution in [2.24, 2.45) is 0 Å². The maximum Gasteiger partial charge on any atom is 0.243 e. The molecule has 0 heterocycles. The van der Waals surface area contributed by atoms with Gasteiger partial charge in [-0.3, -0.25) is 9.59 Å². The lowest BCUT2D eigenvalue weighted by Gasteiger charge is -2.31. The van der Waals surface area contributed by atoms with Crippen LogP contribution in [0.25, 0.3) is 0 Å². The summed E-state index contributed by atoms with van der Waals surface area (Å²) < 4.78 is 5.10. The highest BCUT2D eigenvalue weighted by molar-refractivity contribution is 5.88. The Morgan fingerprint density at radius 1 is 0.824 bits per heavy atom. The van der Waals surface area contributed by atoms with Gasteiger partial charge in [0.2, 0.25) is 11.8 Å². The Bertz CT molecular complexity index is 994. The number of hydrogen-bond acceptors (Lipinski definition) is 3. The summed E-state index contributed by atoms with van der Waals surface area (Å²) in [5, 5.41) is 3.02. The monoisotopic (exact) mass is 458 g/mol. The van der Waals surface area contributed by atoms with Crippen LogP contribution in [0.2, 0.25) is 0 Å². The number of benzene rings is 3. The molecule has 0 aromatic heterocycles. The molecular weight excluding hydrogens is 424 g/mol. The van der Waals surface area contributed by atoms with Gasteiger partial charge in [-0.15, -0.1) is 0 Å². The van der Waals surface area contributed by atoms with Crippen LogP contribution in [-0.4, -0.2) is 43.0 Å². The maximum atomic E-state index is 13.6. The molecule has 178 valence electrons. The van der Waals surface area contributed by atoms with Crippen LogP contribution in [0.1, 0.15) is 29.5 Å². The third kappa shape index (κ3) is 8.16. The first-order valence-corrected chi connectivity index (χ1v) is 11.8. The van der Waals surface area contributed by atoms with Crippen molar-refractivity contribution in [2.75, 3.05) is 20.3 Å². The summed E-state index contributed by atoms with van der Waals surface area (Å²) >= 11 is 0. The molecule has 0 radical (unpaired) electrons. The number of rotatable bonds is 13. The minimum absolute atomic E-state index is 0.0271. The van der Waals surface area contributed by atoms with Crippen molar-refractivity contribution < 1.29 is 14.3 Å². The average molecular weight is 459 g/mol. The summed E-state index contributed by atoms with van der Waals surface area (Å²) in [6.07, 6.45) is 2.17. The number of amides is 2. The molecule has 3 aromatic carbocycles. The fourth-order valence-electron chi connectivity index (χ4n) is 3.92. The van der Waals surface area contributed by atoms with Gasteiger partial charge in [-0.25, -0.2) is 0 Å². The molecule has 5 nitrogen and oxygen atoms in total. The first-order chi connectivity index (χ1) is 16.7. The molecule has 3 aromatic rings. The van der Waals surface area contributed by atoms with Gasteiger partial charge in [0.15, 0.2) is 0 Å². The predicted octanol–water partition coefficient (Wildman–Crippen LogP) is 4.41. The third-order valence-electron chi connectivity index (χ3n) is 5.76. The largest absolute Gasteiger partial charge is 0.385 e. The highest BCUT2D eigenvalue weighted by Crippen LogP contribution is 2.17. The van der Waals surface area contributed by atoms with E-state index in [1.54, 1.807) is 12.0 Å². The molecule has 0 bridgehead atoms. The van der Waals surface area contributed by atoms with Crippen molar-refractivity contribution in [3.8, 4) is 0 Å². The summed E-state index contributed by atoms with van der Waals surface area (Å²) in [7, 11) is 1.65. The molecule has 0 saturated carbocycles. The van der Waals surface area contributed by atoms with E-state index in [1.165, 1.54) is 0 Å². The second-order valence-corrected chi connectivity index (χ2v) is 8.34. The Morgan fingerprint density at radius 2 is 1.38 bits per heavy atom. The number of carbonyl (C=O) groups is 2. The Balaban J connectivity index is 1.83. The van der Waals surface area contributed by atoms with E-state index in [-0.39, 0.29) is 11.8 Å². The van der Waals surface area contributed by atoms with Crippen molar-refractivity contribution in [3.05, 3.63) is 108 Å². The van der Waals surface area contributed by atoms with Gasteiger partial charge in [0.05, 0.1) is 0 Å². The minimum Gasteiger partial charge on any atom is -0.385 e. The van der Waals surface area contributed by atoms with Gasteiger partial charge in [0.1, 0.15) is 6.04 Å². The predicted molar refractivity (Wildman–Crippen MR) is 135 cm³/mol. The Hall–Kier alpha value is -3.44. The molecule has 0 aliphatic rings. The number of hydrogen-bond donors (Lipinski definition) is 1. The van der Waals surface area contributed by atoms with E-state index < -0.39 is 6.04 Å². The van der Waals surface area contributed by atoms with Gasteiger partial charge < -0.3 is 15.0 Å². The zero-order chi connectivity index (χ0) is 24.0. The van der Waals surface area contributed by atoms with Crippen LogP contribution in [0.3, 0.4) is 0 Å². The van der Waals surface area contributed by atoms with E-state index in [4.69, 9.17) is 4.74 Å². The van der Waals surface area contributed by atoms with Crippen LogP contribution in [0.5, 0.6) is 0 Å². The Kier molecular flexibility index (Phi) is 10.3. The standard InChI is InChI=1S/C29H34N2O3/c1-34-21-11-20-30-29(33)27(22-25-14-7-3-8-15-25)31(23-26-16-9-4-10-17-26)28(32)19-18-24-12-5-2-6-13-24/h2-10,12-17,27H,11,18-23H2,1H3,(H,30,33)/t27-/m1/s1. The molecule has 0 saturated heterocycles. The van der Waals surface area contributed by atoms with Crippen LogP contribution < -0.4 is 5.32 Å². The smallest absolute Gasteiger partial charge is 0.243 e. The summed E-state index contributed by atoms with van der Waals surface area (Å²) in [5.74, 6) is -0.162. The lowest BCUT2D eigenvalue weighted by Crippen LogP contribution is -2.50. The van der Waals surface area contributed by atoms with Crippen LogP contribution in [-0.2, 0) is 33.7 Å². The molecule has 3 rings (SSSR count). The van der Waals surface area contributed by atoms with Crippen LogP contribution in [0.15, 0.2) is 91.0 Å². The quantitative estimate of drug-likeness (QED) is 0.386. The minimum atomic E-state index is -0.603. The lowest BCUT2D eigenvalue weighted by atomic mass is 10.0. The van der Waals surface area contributed by atoms with Crippen molar-refractivity contribution in [1.82, 2.24) is 10.2 Å². The second kappa shape index (κ2) is 14.0. The van der Waals surface area contributed by atoms with E-state index >= 15 is 0 Å². The fraction of sp³-hybridized carbons (Fsp3) is 0.310. The molecule has 0 unspecified atom stereocenters. The molecular formula is C29H34N2O3. The van der Waals surface area contributed by atoms with Gasteiger partial charge in [0, 0.05) is 39.6 Å². The van der Waals surface area contributed by atoms with Crippen LogP contribution in [0.4, 0.5) is 0 Å². The van der Waals surface area contributed by atoms with Crippen LogP contribution >= 0.6 is 0 Å². The molecule has 0 aliphatic heterocycles. The lowest BCUT2D eigenvalue weighted by molar-refractivity contribution is -0.141. The van der Waals surface area contributed by atoms with E-state index in [1.807, 2.05) is 91.0 Å².